The number of nitrogens with zero attached hydrogens (tertiary/aromatic N) is 1. The Morgan fingerprint density at radius 1 is 1.19 bits per heavy atom. The zero-order valence-electron chi connectivity index (χ0n) is 18.1. The van der Waals surface area contributed by atoms with Crippen LogP contribution in [-0.4, -0.2) is 39.7 Å². The Labute approximate surface area is 191 Å². The van der Waals surface area contributed by atoms with Crippen molar-refractivity contribution in [2.75, 3.05) is 29.0 Å². The van der Waals surface area contributed by atoms with Gasteiger partial charge < -0.3 is 10.1 Å². The third-order valence-electron chi connectivity index (χ3n) is 5.18. The van der Waals surface area contributed by atoms with Gasteiger partial charge in [-0.05, 0) is 68.9 Å². The Morgan fingerprint density at radius 2 is 1.88 bits per heavy atom. The summed E-state index contributed by atoms with van der Waals surface area (Å²) in [4.78, 5) is 26.2. The van der Waals surface area contributed by atoms with Crippen LogP contribution < -0.4 is 9.62 Å². The number of anilines is 2. The molecule has 1 N–H and O–H groups in total. The minimum absolute atomic E-state index is 0.0675. The summed E-state index contributed by atoms with van der Waals surface area (Å²) in [6, 6.07) is 5.15. The maximum absolute atomic E-state index is 13.2. The maximum atomic E-state index is 13.2. The van der Waals surface area contributed by atoms with E-state index in [1.807, 2.05) is 0 Å². The first kappa shape index (κ1) is 24.2. The molecule has 3 rings (SSSR count). The summed E-state index contributed by atoms with van der Waals surface area (Å²) < 4.78 is 43.8. The fourth-order valence-electron chi connectivity index (χ4n) is 3.74. The number of ether oxygens (including phenoxy) is 1. The van der Waals surface area contributed by atoms with Crippen LogP contribution in [0.4, 0.5) is 15.1 Å². The van der Waals surface area contributed by atoms with Gasteiger partial charge in [0.05, 0.1) is 24.1 Å². The van der Waals surface area contributed by atoms with Gasteiger partial charge in [0.2, 0.25) is 15.9 Å². The summed E-state index contributed by atoms with van der Waals surface area (Å²) in [5, 5.41) is 3.33. The third-order valence-corrected chi connectivity index (χ3v) is 7.59. The molecule has 2 aromatic rings. The number of fused-ring (bicyclic) bond motifs is 1. The number of aryl methyl sites for hydroxylation is 1. The molecule has 1 amide bonds. The molecule has 7 nitrogen and oxygen atoms in total. The van der Waals surface area contributed by atoms with Crippen LogP contribution in [0.15, 0.2) is 24.3 Å². The number of nitrogens with one attached hydrogen (secondary N) is 1. The average Bonchev–Trinajstić information content (AvgIpc) is 3.09. The molecule has 1 aromatic carbocycles. The zero-order chi connectivity index (χ0) is 23.3. The highest BCUT2D eigenvalue weighted by Crippen LogP contribution is 2.38. The summed E-state index contributed by atoms with van der Waals surface area (Å²) in [7, 11) is -3.59. The Balaban J connectivity index is 1.67. The van der Waals surface area contributed by atoms with E-state index in [-0.39, 0.29) is 31.9 Å². The van der Waals surface area contributed by atoms with Crippen LogP contribution in [0.1, 0.15) is 53.4 Å². The Hall–Kier alpha value is -2.46. The lowest BCUT2D eigenvalue weighted by molar-refractivity contribution is -0.116. The van der Waals surface area contributed by atoms with Crippen molar-refractivity contribution in [2.24, 2.45) is 0 Å². The molecule has 0 atom stereocenters. The molecule has 0 saturated carbocycles. The summed E-state index contributed by atoms with van der Waals surface area (Å²) >= 11 is 1.41. The first-order valence-corrected chi connectivity index (χ1v) is 13.2. The molecular formula is C22H27FN2O5S2. The molecular weight excluding hydrogens is 455 g/mol. The number of sulfonamides is 1. The number of halogens is 1. The summed E-state index contributed by atoms with van der Waals surface area (Å²) in [6.45, 7) is 2.06. The molecule has 1 aliphatic rings. The molecule has 0 aliphatic heterocycles. The molecule has 174 valence electrons. The van der Waals surface area contributed by atoms with Gasteiger partial charge in [-0.25, -0.2) is 17.6 Å². The fourth-order valence-corrected chi connectivity index (χ4v) is 6.00. The number of rotatable bonds is 9. The van der Waals surface area contributed by atoms with Gasteiger partial charge in [0, 0.05) is 17.8 Å². The van der Waals surface area contributed by atoms with Gasteiger partial charge in [-0.3, -0.25) is 9.10 Å². The molecule has 0 unspecified atom stereocenters. The minimum atomic E-state index is -3.59. The molecule has 0 saturated heterocycles. The van der Waals surface area contributed by atoms with E-state index >= 15 is 0 Å². The van der Waals surface area contributed by atoms with E-state index in [0.717, 1.165) is 46.7 Å². The van der Waals surface area contributed by atoms with Crippen LogP contribution in [0.3, 0.4) is 0 Å². The van der Waals surface area contributed by atoms with E-state index in [1.54, 1.807) is 6.92 Å². The number of carbonyl (C=O) groups excluding carboxylic acids is 2. The van der Waals surface area contributed by atoms with Crippen LogP contribution in [-0.2, 0) is 32.4 Å². The number of benzene rings is 1. The third kappa shape index (κ3) is 5.86. The van der Waals surface area contributed by atoms with Crippen molar-refractivity contribution >= 4 is 43.9 Å². The van der Waals surface area contributed by atoms with Gasteiger partial charge in [0.25, 0.3) is 0 Å². The summed E-state index contributed by atoms with van der Waals surface area (Å²) in [5.41, 5.74) is 1.75. The van der Waals surface area contributed by atoms with E-state index in [0.29, 0.717) is 16.3 Å². The molecule has 0 spiro atoms. The van der Waals surface area contributed by atoms with Crippen LogP contribution in [0.25, 0.3) is 0 Å². The highest BCUT2D eigenvalue weighted by Gasteiger charge is 2.27. The SMILES string of the molecule is CCOC(=O)c1c(NC(=O)CCCN(c2ccc(F)cc2)S(C)(=O)=O)sc2c1CCCC2. The van der Waals surface area contributed by atoms with Crippen LogP contribution in [0.5, 0.6) is 0 Å². The lowest BCUT2D eigenvalue weighted by Gasteiger charge is -2.22. The Morgan fingerprint density at radius 3 is 2.53 bits per heavy atom. The van der Waals surface area contributed by atoms with Crippen molar-refractivity contribution in [3.8, 4) is 0 Å². The summed E-state index contributed by atoms with van der Waals surface area (Å²) in [5.74, 6) is -1.19. The predicted molar refractivity (Wildman–Crippen MR) is 123 cm³/mol. The van der Waals surface area contributed by atoms with Gasteiger partial charge >= 0.3 is 5.97 Å². The molecule has 0 bridgehead atoms. The van der Waals surface area contributed by atoms with Crippen molar-refractivity contribution in [1.82, 2.24) is 0 Å². The van der Waals surface area contributed by atoms with Gasteiger partial charge in [0.1, 0.15) is 10.8 Å². The molecule has 32 heavy (non-hydrogen) atoms. The maximum Gasteiger partial charge on any atom is 0.341 e. The highest BCUT2D eigenvalue weighted by atomic mass is 32.2. The second kappa shape index (κ2) is 10.4. The highest BCUT2D eigenvalue weighted by molar-refractivity contribution is 7.92. The van der Waals surface area contributed by atoms with Crippen LogP contribution in [0.2, 0.25) is 0 Å². The number of esters is 1. The lowest BCUT2D eigenvalue weighted by atomic mass is 9.95. The van der Waals surface area contributed by atoms with Gasteiger partial charge in [0.15, 0.2) is 0 Å². The standard InChI is InChI=1S/C22H27FN2O5S2/c1-3-30-22(27)20-17-7-4-5-8-18(17)31-21(20)24-19(26)9-6-14-25(32(2,28)29)16-12-10-15(23)11-13-16/h10-13H,3-9,14H2,1-2H3,(H,24,26). The fraction of sp³-hybridized carbons (Fsp3) is 0.455. The second-order valence-electron chi connectivity index (χ2n) is 7.60. The molecule has 1 heterocycles. The van der Waals surface area contributed by atoms with E-state index < -0.39 is 21.8 Å². The predicted octanol–water partition coefficient (Wildman–Crippen LogP) is 4.13. The van der Waals surface area contributed by atoms with Crippen molar-refractivity contribution in [1.29, 1.82) is 0 Å². The van der Waals surface area contributed by atoms with E-state index in [1.165, 1.54) is 35.6 Å². The second-order valence-corrected chi connectivity index (χ2v) is 10.6. The summed E-state index contributed by atoms with van der Waals surface area (Å²) in [6.07, 6.45) is 5.11. The molecule has 0 radical (unpaired) electrons. The van der Waals surface area contributed by atoms with Gasteiger partial charge in [-0.1, -0.05) is 0 Å². The van der Waals surface area contributed by atoms with Crippen molar-refractivity contribution in [2.45, 2.75) is 45.4 Å². The number of carbonyl (C=O) groups is 2. The van der Waals surface area contributed by atoms with E-state index in [2.05, 4.69) is 5.32 Å². The number of thiophene rings is 1. The first-order chi connectivity index (χ1) is 15.2. The van der Waals surface area contributed by atoms with E-state index in [4.69, 9.17) is 4.74 Å². The minimum Gasteiger partial charge on any atom is -0.462 e. The monoisotopic (exact) mass is 482 g/mol. The van der Waals surface area contributed by atoms with Crippen LogP contribution >= 0.6 is 11.3 Å². The van der Waals surface area contributed by atoms with Crippen molar-refractivity contribution < 1.29 is 27.1 Å². The van der Waals surface area contributed by atoms with Gasteiger partial charge in [-0.15, -0.1) is 11.3 Å². The molecule has 1 aromatic heterocycles. The van der Waals surface area contributed by atoms with Crippen LogP contribution in [0, 0.1) is 5.82 Å². The van der Waals surface area contributed by atoms with Crippen molar-refractivity contribution in [3.05, 3.63) is 46.1 Å². The van der Waals surface area contributed by atoms with Crippen molar-refractivity contribution in [3.63, 3.8) is 0 Å². The Kier molecular flexibility index (Phi) is 7.89. The Bertz CT molecular complexity index is 1080. The number of hydrogen-bond acceptors (Lipinski definition) is 6. The lowest BCUT2D eigenvalue weighted by Crippen LogP contribution is -2.31. The number of hydrogen-bond donors (Lipinski definition) is 1. The average molecular weight is 483 g/mol. The van der Waals surface area contributed by atoms with E-state index in [9.17, 15) is 22.4 Å². The zero-order valence-corrected chi connectivity index (χ0v) is 19.8. The first-order valence-electron chi connectivity index (χ1n) is 10.6. The molecule has 1 aliphatic carbocycles. The topological polar surface area (TPSA) is 92.8 Å². The largest absolute Gasteiger partial charge is 0.462 e. The smallest absolute Gasteiger partial charge is 0.341 e. The normalized spacial score (nSPS) is 13.3. The quantitative estimate of drug-likeness (QED) is 0.543. The molecule has 0 fully saturated rings. The van der Waals surface area contributed by atoms with Gasteiger partial charge in [-0.2, -0.15) is 0 Å². The number of amides is 1. The molecule has 10 heteroatoms.